The first-order chi connectivity index (χ1) is 24.1. The Kier molecular flexibility index (Phi) is 2.49. The molecule has 0 spiro atoms. The fourth-order valence-electron chi connectivity index (χ4n) is 4.65. The molecule has 0 aliphatic heterocycles. The second-order valence-electron chi connectivity index (χ2n) is 8.20. The van der Waals surface area contributed by atoms with Gasteiger partial charge in [0.2, 0.25) is 0 Å². The van der Waals surface area contributed by atoms with Crippen molar-refractivity contribution in [1.29, 1.82) is 0 Å². The number of benzene rings is 7. The molecule has 0 radical (unpaired) electrons. The average molecular weight is 472 g/mol. The van der Waals surface area contributed by atoms with Crippen LogP contribution in [0, 0.1) is 0 Å². The van der Waals surface area contributed by atoms with E-state index in [1.165, 1.54) is 0 Å². The molecule has 0 aliphatic rings. The maximum absolute atomic E-state index is 9.22. The number of rotatable bonds is 3. The molecule has 0 bridgehead atoms. The first-order valence-corrected chi connectivity index (χ1v) is 11.2. The quantitative estimate of drug-likeness (QED) is 0.225. The second-order valence-corrected chi connectivity index (χ2v) is 8.20. The Morgan fingerprint density at radius 1 is 0.389 bits per heavy atom. The summed E-state index contributed by atoms with van der Waals surface area (Å²) in [5, 5.41) is -1.69. The minimum Gasteiger partial charge on any atom is -0.0622 e. The van der Waals surface area contributed by atoms with Gasteiger partial charge in [-0.3, -0.25) is 0 Å². The molecule has 7 aromatic carbocycles. The fraction of sp³-hybridized carbons (Fsp3) is 0. The molecule has 0 unspecified atom stereocenters. The Bertz CT molecular complexity index is 2600. The van der Waals surface area contributed by atoms with Crippen LogP contribution in [0.3, 0.4) is 0 Å². The van der Waals surface area contributed by atoms with E-state index in [0.29, 0.717) is 11.1 Å². The van der Waals surface area contributed by atoms with Crippen molar-refractivity contribution >= 4 is 32.3 Å². The Balaban J connectivity index is 1.87. The molecule has 0 amide bonds. The van der Waals surface area contributed by atoms with Gasteiger partial charge in [0.15, 0.2) is 0 Å². The molecule has 0 atom stereocenters. The third-order valence-corrected chi connectivity index (χ3v) is 6.20. The van der Waals surface area contributed by atoms with E-state index in [4.69, 9.17) is 15.1 Å². The lowest BCUT2D eigenvalue weighted by atomic mass is 9.84. The highest BCUT2D eigenvalue weighted by Gasteiger charge is 2.17. The molecule has 0 N–H and O–H groups in total. The van der Waals surface area contributed by atoms with Crippen molar-refractivity contribution in [2.45, 2.75) is 0 Å². The Morgan fingerprint density at radius 2 is 0.917 bits per heavy atom. The molecule has 0 saturated carbocycles. The Labute approximate surface area is 232 Å². The van der Waals surface area contributed by atoms with Gasteiger partial charge in [0.05, 0.1) is 20.6 Å². The van der Waals surface area contributed by atoms with Crippen LogP contribution in [0.2, 0.25) is 0 Å². The van der Waals surface area contributed by atoms with Gasteiger partial charge in [-0.25, -0.2) is 0 Å². The normalized spacial score (nSPS) is 17.2. The Hall–Kier alpha value is -4.68. The zero-order valence-electron chi connectivity index (χ0n) is 33.7. The zero-order chi connectivity index (χ0) is 37.0. The van der Waals surface area contributed by atoms with Crippen LogP contribution in [-0.4, -0.2) is 0 Å². The van der Waals surface area contributed by atoms with Crippen molar-refractivity contribution in [2.24, 2.45) is 0 Å². The monoisotopic (exact) mass is 471 g/mol. The zero-order valence-corrected chi connectivity index (χ0v) is 18.7. The van der Waals surface area contributed by atoms with Gasteiger partial charge in [-0.05, 0) is 71.8 Å². The lowest BCUT2D eigenvalue weighted by molar-refractivity contribution is 1.61. The van der Waals surface area contributed by atoms with E-state index in [2.05, 4.69) is 0 Å². The molecule has 0 heteroatoms. The lowest BCUT2D eigenvalue weighted by Crippen LogP contribution is -1.91. The summed E-state index contributed by atoms with van der Waals surface area (Å²) >= 11 is 0. The molecule has 0 fully saturated rings. The summed E-state index contributed by atoms with van der Waals surface area (Å²) in [4.78, 5) is 0. The summed E-state index contributed by atoms with van der Waals surface area (Å²) in [5.74, 6) is 0. The summed E-state index contributed by atoms with van der Waals surface area (Å²) in [5.41, 5.74) is 1.17. The van der Waals surface area contributed by atoms with E-state index in [0.717, 1.165) is 5.56 Å². The van der Waals surface area contributed by atoms with Gasteiger partial charge in [0.1, 0.15) is 0 Å². The molecule has 168 valence electrons. The van der Waals surface area contributed by atoms with E-state index < -0.39 is 107 Å². The molecule has 0 saturated heterocycles. The summed E-state index contributed by atoms with van der Waals surface area (Å²) in [6.07, 6.45) is 0. The van der Waals surface area contributed by atoms with Crippen molar-refractivity contribution in [3.8, 4) is 33.4 Å². The van der Waals surface area contributed by atoms with Crippen LogP contribution in [0.1, 0.15) is 20.6 Å². The van der Waals surface area contributed by atoms with E-state index in [1.54, 1.807) is 18.2 Å². The Morgan fingerprint density at radius 3 is 1.61 bits per heavy atom. The molecular formula is C36H24. The molecule has 0 aromatic heterocycles. The molecule has 0 nitrogen and oxygen atoms in total. The van der Waals surface area contributed by atoms with Crippen molar-refractivity contribution in [3.05, 3.63) is 145 Å². The topological polar surface area (TPSA) is 0 Å². The lowest BCUT2D eigenvalue weighted by Gasteiger charge is -2.19. The highest BCUT2D eigenvalue weighted by Crippen LogP contribution is 2.45. The van der Waals surface area contributed by atoms with E-state index in [1.807, 2.05) is 36.4 Å². The van der Waals surface area contributed by atoms with Gasteiger partial charge in [0.25, 0.3) is 0 Å². The molecular weight excluding hydrogens is 432 g/mol. The third kappa shape index (κ3) is 3.31. The predicted molar refractivity (Wildman–Crippen MR) is 155 cm³/mol. The summed E-state index contributed by atoms with van der Waals surface area (Å²) in [6, 6.07) is 6.24. The van der Waals surface area contributed by atoms with Crippen LogP contribution in [0.5, 0.6) is 0 Å². The largest absolute Gasteiger partial charge is 0.0629 e. The standard InChI is InChI=1S/C36H24/c1-2-12-25(13-3-1)27-16-10-17-28(24-27)35-31-19-6-8-21-33(31)36(34-22-9-7-20-32(34)35)30-23-11-15-26-14-4-5-18-29(26)30/h1-24H/i4D,5D,6D,7D,8D,9D,11D,14D,15D,18D,19D,20D,21D,22D,23D. The molecule has 0 aliphatic carbocycles. The van der Waals surface area contributed by atoms with Crippen LogP contribution in [0.25, 0.3) is 65.7 Å². The summed E-state index contributed by atoms with van der Waals surface area (Å²) < 4.78 is 132. The van der Waals surface area contributed by atoms with Gasteiger partial charge in [0, 0.05) is 0 Å². The first-order valence-electron chi connectivity index (χ1n) is 18.7. The van der Waals surface area contributed by atoms with Crippen molar-refractivity contribution in [2.75, 3.05) is 0 Å². The van der Waals surface area contributed by atoms with Crippen molar-refractivity contribution in [1.82, 2.24) is 0 Å². The van der Waals surface area contributed by atoms with Gasteiger partial charge < -0.3 is 0 Å². The maximum atomic E-state index is 9.22. The highest BCUT2D eigenvalue weighted by atomic mass is 14.2. The molecule has 0 heterocycles. The number of hydrogen-bond donors (Lipinski definition) is 0. The van der Waals surface area contributed by atoms with E-state index in [9.17, 15) is 5.48 Å². The molecule has 7 rings (SSSR count). The fourth-order valence-corrected chi connectivity index (χ4v) is 4.65. The number of hydrogen-bond acceptors (Lipinski definition) is 0. The van der Waals surface area contributed by atoms with E-state index >= 15 is 0 Å². The first kappa shape index (κ1) is 10.5. The third-order valence-electron chi connectivity index (χ3n) is 6.20. The minimum absolute atomic E-state index is 0.0569. The highest BCUT2D eigenvalue weighted by molar-refractivity contribution is 6.23. The van der Waals surface area contributed by atoms with Gasteiger partial charge in [-0.2, -0.15) is 0 Å². The van der Waals surface area contributed by atoms with Crippen LogP contribution in [0.4, 0.5) is 0 Å². The van der Waals surface area contributed by atoms with Crippen LogP contribution >= 0.6 is 0 Å². The average Bonchev–Trinajstić information content (AvgIpc) is 3.14. The smallest absolute Gasteiger partial charge is 0.0622 e. The van der Waals surface area contributed by atoms with Gasteiger partial charge in [-0.1, -0.05) is 139 Å². The van der Waals surface area contributed by atoms with Crippen molar-refractivity contribution < 1.29 is 20.6 Å². The van der Waals surface area contributed by atoms with E-state index in [-0.39, 0.29) is 32.7 Å². The molecule has 7 aromatic rings. The summed E-state index contributed by atoms with van der Waals surface area (Å²) in [7, 11) is 0. The van der Waals surface area contributed by atoms with Gasteiger partial charge >= 0.3 is 0 Å². The molecule has 36 heavy (non-hydrogen) atoms. The minimum atomic E-state index is -0.745. The predicted octanol–water partition coefficient (Wildman–Crippen LogP) is 10.1. The summed E-state index contributed by atoms with van der Waals surface area (Å²) in [6.45, 7) is 0. The van der Waals surface area contributed by atoms with Crippen molar-refractivity contribution in [3.63, 3.8) is 0 Å². The van der Waals surface area contributed by atoms with Crippen LogP contribution in [0.15, 0.2) is 145 Å². The van der Waals surface area contributed by atoms with Crippen LogP contribution in [-0.2, 0) is 0 Å². The number of fused-ring (bicyclic) bond motifs is 3. The SMILES string of the molecule is [2H]c1c([2H])c([2H])c2c(-c3c4c([2H])c([2H])c([2H])c([2H])c4c(-c4cccc(-c5ccccc5)c4)c4c([2H])c([2H])c([2H])c([2H])c34)c([2H])c([2H])c([2H])c2c1[2H]. The second kappa shape index (κ2) is 8.52. The van der Waals surface area contributed by atoms with Crippen LogP contribution < -0.4 is 0 Å². The van der Waals surface area contributed by atoms with Gasteiger partial charge in [-0.15, -0.1) is 0 Å². The maximum Gasteiger partial charge on any atom is 0.0629 e.